The fourth-order valence-electron chi connectivity index (χ4n) is 4.77. The molecule has 0 spiro atoms. The fraction of sp³-hybridized carbons (Fsp3) is 0.360. The van der Waals surface area contributed by atoms with E-state index in [2.05, 4.69) is 23.3 Å². The molecule has 2 aliphatic rings. The first-order chi connectivity index (χ1) is 15.1. The average Bonchev–Trinajstić information content (AvgIpc) is 3.31. The van der Waals surface area contributed by atoms with E-state index in [1.807, 2.05) is 42.1 Å². The maximum absolute atomic E-state index is 13.3. The molecule has 2 heterocycles. The van der Waals surface area contributed by atoms with Gasteiger partial charge in [0.15, 0.2) is 6.73 Å². The number of hydrogen-bond donors (Lipinski definition) is 1. The number of benzene rings is 2. The lowest BCUT2D eigenvalue weighted by Crippen LogP contribution is -2.51. The molecule has 0 bridgehead atoms. The third-order valence-corrected chi connectivity index (χ3v) is 6.38. The third-order valence-electron chi connectivity index (χ3n) is 6.38. The standard InChI is InChI=1S/C25H27N3O3/c1-17-13-19(14-18-7-9-20(10-8-18)28-12-4-11-26-28)15-21-24(17)31-16-27(25(21)30)22-5-2-3-6-23(22)29/h4,7-13,15,22-23,29H,2-3,5-6,14,16H2,1H3. The van der Waals surface area contributed by atoms with Gasteiger partial charge < -0.3 is 9.84 Å². The van der Waals surface area contributed by atoms with E-state index in [0.29, 0.717) is 11.3 Å². The zero-order valence-corrected chi connectivity index (χ0v) is 17.7. The second-order valence-electron chi connectivity index (χ2n) is 8.55. The predicted octanol–water partition coefficient (Wildman–Crippen LogP) is 3.87. The fourth-order valence-corrected chi connectivity index (χ4v) is 4.77. The monoisotopic (exact) mass is 417 g/mol. The van der Waals surface area contributed by atoms with Crippen LogP contribution in [0.3, 0.4) is 0 Å². The van der Waals surface area contributed by atoms with Crippen LogP contribution < -0.4 is 4.74 Å². The highest BCUT2D eigenvalue weighted by atomic mass is 16.5. The van der Waals surface area contributed by atoms with Crippen molar-refractivity contribution in [3.05, 3.63) is 77.1 Å². The molecule has 1 saturated carbocycles. The molecule has 1 fully saturated rings. The summed E-state index contributed by atoms with van der Waals surface area (Å²) in [5.74, 6) is 0.635. The Hall–Kier alpha value is -3.12. The van der Waals surface area contributed by atoms with Crippen LogP contribution in [0, 0.1) is 6.92 Å². The summed E-state index contributed by atoms with van der Waals surface area (Å²) in [5.41, 5.74) is 4.83. The Morgan fingerprint density at radius 2 is 1.94 bits per heavy atom. The van der Waals surface area contributed by atoms with Crippen LogP contribution in [0.15, 0.2) is 54.9 Å². The van der Waals surface area contributed by atoms with Crippen molar-refractivity contribution in [3.8, 4) is 11.4 Å². The SMILES string of the molecule is Cc1cc(Cc2ccc(-n3cccn3)cc2)cc2c1OCN(C1CCCCC1O)C2=O. The third kappa shape index (κ3) is 3.83. The minimum Gasteiger partial charge on any atom is -0.472 e. The molecule has 6 heteroatoms. The molecule has 31 heavy (non-hydrogen) atoms. The second kappa shape index (κ2) is 8.19. The van der Waals surface area contributed by atoms with Crippen LogP contribution in [-0.4, -0.2) is 44.6 Å². The molecule has 1 aromatic heterocycles. The van der Waals surface area contributed by atoms with Crippen molar-refractivity contribution < 1.29 is 14.6 Å². The van der Waals surface area contributed by atoms with E-state index in [0.717, 1.165) is 48.9 Å². The molecule has 0 saturated heterocycles. The molecule has 5 rings (SSSR count). The van der Waals surface area contributed by atoms with Gasteiger partial charge in [-0.2, -0.15) is 5.10 Å². The minimum absolute atomic E-state index is 0.0359. The van der Waals surface area contributed by atoms with E-state index in [4.69, 9.17) is 4.74 Å². The molecule has 1 amide bonds. The summed E-state index contributed by atoms with van der Waals surface area (Å²) < 4.78 is 7.82. The van der Waals surface area contributed by atoms with E-state index >= 15 is 0 Å². The number of amides is 1. The van der Waals surface area contributed by atoms with Crippen LogP contribution in [0.2, 0.25) is 0 Å². The topological polar surface area (TPSA) is 67.6 Å². The van der Waals surface area contributed by atoms with Crippen molar-refractivity contribution in [2.24, 2.45) is 0 Å². The van der Waals surface area contributed by atoms with E-state index in [-0.39, 0.29) is 18.7 Å². The van der Waals surface area contributed by atoms with E-state index in [1.165, 1.54) is 5.56 Å². The number of aliphatic hydroxyl groups is 1. The minimum atomic E-state index is -0.472. The van der Waals surface area contributed by atoms with E-state index < -0.39 is 6.10 Å². The average molecular weight is 418 g/mol. The van der Waals surface area contributed by atoms with Gasteiger partial charge in [-0.05, 0) is 67.1 Å². The van der Waals surface area contributed by atoms with E-state index in [9.17, 15) is 9.90 Å². The summed E-state index contributed by atoms with van der Waals surface area (Å²) in [6.07, 6.45) is 7.56. The van der Waals surface area contributed by atoms with Gasteiger partial charge in [-0.25, -0.2) is 4.68 Å². The number of hydrogen-bond acceptors (Lipinski definition) is 4. The molecule has 1 aliphatic heterocycles. The van der Waals surface area contributed by atoms with Crippen LogP contribution in [0.4, 0.5) is 0 Å². The largest absolute Gasteiger partial charge is 0.472 e. The van der Waals surface area contributed by atoms with Gasteiger partial charge in [0.25, 0.3) is 5.91 Å². The molecule has 6 nitrogen and oxygen atoms in total. The highest BCUT2D eigenvalue weighted by Crippen LogP contribution is 2.34. The zero-order chi connectivity index (χ0) is 21.4. The molecular formula is C25H27N3O3. The van der Waals surface area contributed by atoms with Gasteiger partial charge in [0, 0.05) is 12.4 Å². The van der Waals surface area contributed by atoms with Crippen LogP contribution in [0.5, 0.6) is 5.75 Å². The van der Waals surface area contributed by atoms with Gasteiger partial charge in [-0.3, -0.25) is 9.69 Å². The Balaban J connectivity index is 1.38. The number of carbonyl (C=O) groups is 1. The van der Waals surface area contributed by atoms with Crippen molar-refractivity contribution in [2.45, 2.75) is 51.2 Å². The first-order valence-electron chi connectivity index (χ1n) is 10.9. The van der Waals surface area contributed by atoms with Gasteiger partial charge in [0.1, 0.15) is 5.75 Å². The summed E-state index contributed by atoms with van der Waals surface area (Å²) in [6, 6.07) is 14.1. The predicted molar refractivity (Wildman–Crippen MR) is 117 cm³/mol. The number of aliphatic hydroxyl groups excluding tert-OH is 1. The smallest absolute Gasteiger partial charge is 0.260 e. The van der Waals surface area contributed by atoms with Gasteiger partial charge in [-0.1, -0.05) is 31.0 Å². The lowest BCUT2D eigenvalue weighted by molar-refractivity contribution is -0.0126. The summed E-state index contributed by atoms with van der Waals surface area (Å²) in [4.78, 5) is 15.0. The van der Waals surface area contributed by atoms with Crippen molar-refractivity contribution in [2.75, 3.05) is 6.73 Å². The maximum Gasteiger partial charge on any atom is 0.260 e. The van der Waals surface area contributed by atoms with Crippen LogP contribution in [-0.2, 0) is 6.42 Å². The van der Waals surface area contributed by atoms with E-state index in [1.54, 1.807) is 11.1 Å². The Labute approximate surface area is 182 Å². The van der Waals surface area contributed by atoms with Gasteiger partial charge in [0.2, 0.25) is 0 Å². The molecule has 2 atom stereocenters. The molecule has 1 N–H and O–H groups in total. The summed E-state index contributed by atoms with van der Waals surface area (Å²) >= 11 is 0. The number of fused-ring (bicyclic) bond motifs is 1. The number of aromatic nitrogens is 2. The van der Waals surface area contributed by atoms with Crippen LogP contribution in [0.25, 0.3) is 5.69 Å². The molecule has 2 unspecified atom stereocenters. The Kier molecular flexibility index (Phi) is 5.24. The lowest BCUT2D eigenvalue weighted by Gasteiger charge is -2.40. The molecule has 1 aliphatic carbocycles. The Morgan fingerprint density at radius 3 is 2.68 bits per heavy atom. The van der Waals surface area contributed by atoms with Gasteiger partial charge >= 0.3 is 0 Å². The van der Waals surface area contributed by atoms with Crippen molar-refractivity contribution in [1.29, 1.82) is 0 Å². The van der Waals surface area contributed by atoms with Crippen molar-refractivity contribution in [1.82, 2.24) is 14.7 Å². The molecule has 2 aromatic carbocycles. The molecule has 3 aromatic rings. The number of aryl methyl sites for hydroxylation is 1. The number of ether oxygens (including phenoxy) is 1. The van der Waals surface area contributed by atoms with Crippen LogP contribution >= 0.6 is 0 Å². The molecular weight excluding hydrogens is 390 g/mol. The van der Waals surface area contributed by atoms with Crippen LogP contribution in [0.1, 0.15) is 52.7 Å². The summed E-state index contributed by atoms with van der Waals surface area (Å²) in [7, 11) is 0. The second-order valence-corrected chi connectivity index (χ2v) is 8.55. The molecule has 0 radical (unpaired) electrons. The Bertz CT molecular complexity index is 1080. The van der Waals surface area contributed by atoms with Gasteiger partial charge in [-0.15, -0.1) is 0 Å². The zero-order valence-electron chi connectivity index (χ0n) is 17.7. The first kappa shape index (κ1) is 19.8. The summed E-state index contributed by atoms with van der Waals surface area (Å²) in [5, 5.41) is 14.7. The normalized spacial score (nSPS) is 21.0. The van der Waals surface area contributed by atoms with Crippen molar-refractivity contribution in [3.63, 3.8) is 0 Å². The molecule has 160 valence electrons. The summed E-state index contributed by atoms with van der Waals surface area (Å²) in [6.45, 7) is 2.20. The highest BCUT2D eigenvalue weighted by molar-refractivity contribution is 5.98. The Morgan fingerprint density at radius 1 is 1.13 bits per heavy atom. The number of nitrogens with zero attached hydrogens (tertiary/aromatic N) is 3. The highest BCUT2D eigenvalue weighted by Gasteiger charge is 2.36. The quantitative estimate of drug-likeness (QED) is 0.700. The number of rotatable bonds is 4. The van der Waals surface area contributed by atoms with Crippen molar-refractivity contribution >= 4 is 5.91 Å². The number of carbonyl (C=O) groups excluding carboxylic acids is 1. The lowest BCUT2D eigenvalue weighted by atomic mass is 9.90. The maximum atomic E-state index is 13.3. The van der Waals surface area contributed by atoms with Gasteiger partial charge in [0.05, 0.1) is 23.4 Å². The first-order valence-corrected chi connectivity index (χ1v) is 10.9.